The average molecular weight is 285 g/mol. The summed E-state index contributed by atoms with van der Waals surface area (Å²) in [5.74, 6) is 1.46. The molecule has 0 spiro atoms. The summed E-state index contributed by atoms with van der Waals surface area (Å²) in [6.07, 6.45) is 1.70. The Morgan fingerprint density at radius 2 is 2.00 bits per heavy atom. The molecule has 0 aliphatic carbocycles. The molecule has 1 atom stereocenters. The standard InChI is InChI=1S/C13H14Cl2N2O/c1-8-6-17-13(18-8)9(2)16-7-10-11(14)4-3-5-12(10)15/h3-6,9,16H,7H2,1-2H3. The first-order valence-electron chi connectivity index (χ1n) is 5.66. The monoisotopic (exact) mass is 284 g/mol. The molecule has 96 valence electrons. The van der Waals surface area contributed by atoms with Gasteiger partial charge in [-0.3, -0.25) is 0 Å². The van der Waals surface area contributed by atoms with E-state index in [2.05, 4.69) is 10.3 Å². The van der Waals surface area contributed by atoms with Crippen LogP contribution in [0, 0.1) is 6.92 Å². The minimum atomic E-state index is 0.00559. The highest BCUT2D eigenvalue weighted by molar-refractivity contribution is 6.35. The number of nitrogens with zero attached hydrogens (tertiary/aromatic N) is 1. The van der Waals surface area contributed by atoms with Crippen LogP contribution in [0.2, 0.25) is 10.0 Å². The summed E-state index contributed by atoms with van der Waals surface area (Å²) in [4.78, 5) is 4.18. The lowest BCUT2D eigenvalue weighted by molar-refractivity contribution is 0.402. The Bertz CT molecular complexity index is 519. The van der Waals surface area contributed by atoms with Gasteiger partial charge in [-0.1, -0.05) is 29.3 Å². The number of oxazole rings is 1. The fourth-order valence-corrected chi connectivity index (χ4v) is 2.15. The van der Waals surface area contributed by atoms with Crippen molar-refractivity contribution in [2.75, 3.05) is 0 Å². The molecular formula is C13H14Cl2N2O. The van der Waals surface area contributed by atoms with Crippen molar-refractivity contribution in [2.45, 2.75) is 26.4 Å². The zero-order valence-electron chi connectivity index (χ0n) is 10.2. The van der Waals surface area contributed by atoms with Crippen molar-refractivity contribution < 1.29 is 4.42 Å². The van der Waals surface area contributed by atoms with Gasteiger partial charge in [-0.2, -0.15) is 0 Å². The quantitative estimate of drug-likeness (QED) is 0.917. The van der Waals surface area contributed by atoms with Crippen molar-refractivity contribution in [3.05, 3.63) is 51.7 Å². The van der Waals surface area contributed by atoms with Crippen LogP contribution in [-0.4, -0.2) is 4.98 Å². The largest absolute Gasteiger partial charge is 0.444 e. The highest BCUT2D eigenvalue weighted by atomic mass is 35.5. The SMILES string of the molecule is Cc1cnc(C(C)NCc2c(Cl)cccc2Cl)o1. The van der Waals surface area contributed by atoms with Crippen molar-refractivity contribution in [1.29, 1.82) is 0 Å². The Labute approximate surface area is 116 Å². The summed E-state index contributed by atoms with van der Waals surface area (Å²) in [6, 6.07) is 5.48. The maximum absolute atomic E-state index is 6.10. The third kappa shape index (κ3) is 3.05. The number of nitrogens with one attached hydrogen (secondary N) is 1. The van der Waals surface area contributed by atoms with Gasteiger partial charge >= 0.3 is 0 Å². The van der Waals surface area contributed by atoms with Crippen LogP contribution in [0.4, 0.5) is 0 Å². The summed E-state index contributed by atoms with van der Waals surface area (Å²) < 4.78 is 5.45. The highest BCUT2D eigenvalue weighted by Gasteiger charge is 2.12. The summed E-state index contributed by atoms with van der Waals surface area (Å²) in [6.45, 7) is 4.42. The van der Waals surface area contributed by atoms with E-state index in [1.54, 1.807) is 6.20 Å². The smallest absolute Gasteiger partial charge is 0.211 e. The Balaban J connectivity index is 2.03. The van der Waals surface area contributed by atoms with Gasteiger partial charge in [0.25, 0.3) is 0 Å². The number of aryl methyl sites for hydroxylation is 1. The molecular weight excluding hydrogens is 271 g/mol. The van der Waals surface area contributed by atoms with E-state index in [0.717, 1.165) is 11.3 Å². The maximum atomic E-state index is 6.10. The molecule has 1 unspecified atom stereocenters. The zero-order chi connectivity index (χ0) is 13.1. The van der Waals surface area contributed by atoms with Crippen molar-refractivity contribution in [3.63, 3.8) is 0 Å². The van der Waals surface area contributed by atoms with Crippen molar-refractivity contribution in [2.24, 2.45) is 0 Å². The van der Waals surface area contributed by atoms with Gasteiger partial charge in [0.15, 0.2) is 0 Å². The third-order valence-corrected chi connectivity index (χ3v) is 3.36. The van der Waals surface area contributed by atoms with Crippen molar-refractivity contribution >= 4 is 23.2 Å². The third-order valence-electron chi connectivity index (χ3n) is 2.66. The normalized spacial score (nSPS) is 12.7. The number of hydrogen-bond acceptors (Lipinski definition) is 3. The van der Waals surface area contributed by atoms with E-state index in [1.165, 1.54) is 0 Å². The van der Waals surface area contributed by atoms with Gasteiger partial charge in [0, 0.05) is 22.2 Å². The summed E-state index contributed by atoms with van der Waals surface area (Å²) in [7, 11) is 0. The van der Waals surface area contributed by atoms with Gasteiger partial charge in [-0.25, -0.2) is 4.98 Å². The number of hydrogen-bond donors (Lipinski definition) is 1. The molecule has 1 heterocycles. The van der Waals surface area contributed by atoms with E-state index in [-0.39, 0.29) is 6.04 Å². The predicted molar refractivity (Wildman–Crippen MR) is 73.0 cm³/mol. The molecule has 0 saturated carbocycles. The highest BCUT2D eigenvalue weighted by Crippen LogP contribution is 2.24. The van der Waals surface area contributed by atoms with Gasteiger partial charge in [0.05, 0.1) is 12.2 Å². The Hall–Kier alpha value is -1.03. The molecule has 3 nitrogen and oxygen atoms in total. The van der Waals surface area contributed by atoms with E-state index in [0.29, 0.717) is 22.5 Å². The molecule has 0 fully saturated rings. The van der Waals surface area contributed by atoms with E-state index >= 15 is 0 Å². The molecule has 2 aromatic rings. The van der Waals surface area contributed by atoms with Gasteiger partial charge in [0.1, 0.15) is 5.76 Å². The molecule has 1 aromatic heterocycles. The van der Waals surface area contributed by atoms with Crippen LogP contribution < -0.4 is 5.32 Å². The fourth-order valence-electron chi connectivity index (χ4n) is 1.62. The number of rotatable bonds is 4. The molecule has 1 aromatic carbocycles. The molecule has 2 rings (SSSR count). The second-order valence-corrected chi connectivity index (χ2v) is 4.93. The molecule has 1 N–H and O–H groups in total. The molecule has 0 aliphatic heterocycles. The van der Waals surface area contributed by atoms with E-state index in [1.807, 2.05) is 32.0 Å². The van der Waals surface area contributed by atoms with E-state index in [9.17, 15) is 0 Å². The van der Waals surface area contributed by atoms with Crippen LogP contribution in [0.15, 0.2) is 28.8 Å². The van der Waals surface area contributed by atoms with Crippen LogP contribution >= 0.6 is 23.2 Å². The summed E-state index contributed by atoms with van der Waals surface area (Å²) in [5, 5.41) is 4.60. The molecule has 0 radical (unpaired) electrons. The molecule has 5 heteroatoms. The van der Waals surface area contributed by atoms with Crippen LogP contribution in [0.1, 0.15) is 30.2 Å². The Kier molecular flexibility index (Phi) is 4.27. The van der Waals surface area contributed by atoms with Crippen molar-refractivity contribution in [1.82, 2.24) is 10.3 Å². The molecule has 0 amide bonds. The lowest BCUT2D eigenvalue weighted by Crippen LogP contribution is -2.18. The van der Waals surface area contributed by atoms with Gasteiger partial charge < -0.3 is 9.73 Å². The van der Waals surface area contributed by atoms with Gasteiger partial charge in [0.2, 0.25) is 5.89 Å². The number of halogens is 2. The molecule has 0 saturated heterocycles. The number of benzene rings is 1. The van der Waals surface area contributed by atoms with Crippen LogP contribution in [0.3, 0.4) is 0 Å². The first-order chi connectivity index (χ1) is 8.58. The molecule has 0 aliphatic rings. The fraction of sp³-hybridized carbons (Fsp3) is 0.308. The second kappa shape index (κ2) is 5.74. The Morgan fingerprint density at radius 3 is 2.56 bits per heavy atom. The van der Waals surface area contributed by atoms with Gasteiger partial charge in [-0.15, -0.1) is 0 Å². The van der Waals surface area contributed by atoms with Crippen LogP contribution in [0.5, 0.6) is 0 Å². The van der Waals surface area contributed by atoms with Crippen LogP contribution in [-0.2, 0) is 6.54 Å². The van der Waals surface area contributed by atoms with E-state index in [4.69, 9.17) is 27.6 Å². The minimum Gasteiger partial charge on any atom is -0.444 e. The first-order valence-corrected chi connectivity index (χ1v) is 6.42. The lowest BCUT2D eigenvalue weighted by Gasteiger charge is -2.12. The minimum absolute atomic E-state index is 0.00559. The first kappa shape index (κ1) is 13.4. The second-order valence-electron chi connectivity index (χ2n) is 4.11. The maximum Gasteiger partial charge on any atom is 0.211 e. The molecule has 18 heavy (non-hydrogen) atoms. The number of aromatic nitrogens is 1. The van der Waals surface area contributed by atoms with Gasteiger partial charge in [-0.05, 0) is 26.0 Å². The Morgan fingerprint density at radius 1 is 1.33 bits per heavy atom. The predicted octanol–water partition coefficient (Wildman–Crippen LogP) is 4.14. The summed E-state index contributed by atoms with van der Waals surface area (Å²) in [5.41, 5.74) is 0.885. The van der Waals surface area contributed by atoms with Crippen LogP contribution in [0.25, 0.3) is 0 Å². The molecule has 0 bridgehead atoms. The zero-order valence-corrected chi connectivity index (χ0v) is 11.7. The van der Waals surface area contributed by atoms with E-state index < -0.39 is 0 Å². The lowest BCUT2D eigenvalue weighted by atomic mass is 10.2. The average Bonchev–Trinajstić information content (AvgIpc) is 2.75. The summed E-state index contributed by atoms with van der Waals surface area (Å²) >= 11 is 12.2. The topological polar surface area (TPSA) is 38.1 Å². The van der Waals surface area contributed by atoms with Crippen molar-refractivity contribution in [3.8, 4) is 0 Å².